The number of nitrogens with zero attached hydrogens (tertiary/aromatic N) is 5. The van der Waals surface area contributed by atoms with Gasteiger partial charge in [-0.05, 0) is 36.3 Å². The first-order valence-electron chi connectivity index (χ1n) is 9.18. The van der Waals surface area contributed by atoms with Crippen LogP contribution in [0.2, 0.25) is 0 Å². The number of imidazole rings is 1. The van der Waals surface area contributed by atoms with Crippen molar-refractivity contribution in [1.82, 2.24) is 24.5 Å². The Balaban J connectivity index is 1.48. The van der Waals surface area contributed by atoms with Crippen LogP contribution in [0.15, 0.2) is 73.8 Å². The first-order chi connectivity index (χ1) is 13.7. The van der Waals surface area contributed by atoms with Gasteiger partial charge in [-0.1, -0.05) is 36.9 Å². The topological polar surface area (TPSA) is 46.3 Å². The fourth-order valence-electron chi connectivity index (χ4n) is 3.56. The minimum atomic E-state index is 0.632. The fourth-order valence-corrected chi connectivity index (χ4v) is 3.56. The summed E-state index contributed by atoms with van der Waals surface area (Å²) in [4.78, 5) is 11.2. The molecule has 0 spiro atoms. The van der Waals surface area contributed by atoms with Crippen LogP contribution in [0.25, 0.3) is 28.5 Å². The van der Waals surface area contributed by atoms with E-state index in [1.54, 1.807) is 0 Å². The van der Waals surface area contributed by atoms with Crippen molar-refractivity contribution in [1.29, 1.82) is 0 Å². The van der Waals surface area contributed by atoms with Crippen LogP contribution in [0.5, 0.6) is 0 Å². The van der Waals surface area contributed by atoms with E-state index in [9.17, 15) is 0 Å². The summed E-state index contributed by atoms with van der Waals surface area (Å²) >= 11 is 0. The summed E-state index contributed by atoms with van der Waals surface area (Å²) in [5.41, 5.74) is 8.13. The van der Waals surface area contributed by atoms with Crippen molar-refractivity contribution in [2.75, 3.05) is 0 Å². The Morgan fingerprint density at radius 2 is 1.82 bits per heavy atom. The molecule has 3 aromatic heterocycles. The summed E-state index contributed by atoms with van der Waals surface area (Å²) in [7, 11) is 0. The molecular weight excluding hydrogens is 346 g/mol. The van der Waals surface area contributed by atoms with Gasteiger partial charge >= 0.3 is 0 Å². The molecule has 0 fully saturated rings. The van der Waals surface area contributed by atoms with Crippen molar-refractivity contribution in [3.05, 3.63) is 96.3 Å². The Bertz CT molecular complexity index is 1220. The number of hydrogen-bond donors (Lipinski definition) is 0. The van der Waals surface area contributed by atoms with E-state index >= 15 is 0 Å². The highest BCUT2D eigenvalue weighted by Gasteiger charge is 2.20. The maximum atomic E-state index is 4.67. The van der Waals surface area contributed by atoms with Crippen molar-refractivity contribution in [3.8, 4) is 11.1 Å². The van der Waals surface area contributed by atoms with Crippen LogP contribution in [0, 0.1) is 6.92 Å². The third-order valence-electron chi connectivity index (χ3n) is 4.99. The number of benzene rings is 1. The Labute approximate surface area is 163 Å². The summed E-state index contributed by atoms with van der Waals surface area (Å²) in [5, 5.41) is 4.47. The molecule has 5 heteroatoms. The molecule has 0 atom stereocenters. The van der Waals surface area contributed by atoms with E-state index in [0.717, 1.165) is 45.0 Å². The standard InChI is InChI=1S/C23H19N5/c1-16-8-9-23-25-19(15-28(23)26-16)14-27-11-10-20-21(17(27)2)12-24-13-22(20)18-6-4-3-5-7-18/h3-13,15H,2,14H2,1H3. The van der Waals surface area contributed by atoms with Gasteiger partial charge in [0.2, 0.25) is 0 Å². The van der Waals surface area contributed by atoms with Crippen LogP contribution >= 0.6 is 0 Å². The van der Waals surface area contributed by atoms with Gasteiger partial charge in [0.25, 0.3) is 0 Å². The van der Waals surface area contributed by atoms with E-state index in [-0.39, 0.29) is 0 Å². The molecule has 0 N–H and O–H groups in total. The van der Waals surface area contributed by atoms with Gasteiger partial charge in [-0.25, -0.2) is 9.50 Å². The number of aryl methyl sites for hydroxylation is 1. The van der Waals surface area contributed by atoms with E-state index in [0.29, 0.717) is 6.54 Å². The second-order valence-corrected chi connectivity index (χ2v) is 6.91. The maximum absolute atomic E-state index is 4.67. The molecule has 1 aromatic carbocycles. The summed E-state index contributed by atoms with van der Waals surface area (Å²) < 4.78 is 1.82. The maximum Gasteiger partial charge on any atom is 0.153 e. The van der Waals surface area contributed by atoms with Gasteiger partial charge in [0.15, 0.2) is 5.65 Å². The normalized spacial score (nSPS) is 13.2. The van der Waals surface area contributed by atoms with Gasteiger partial charge in [-0.15, -0.1) is 0 Å². The molecule has 5 nitrogen and oxygen atoms in total. The predicted octanol–water partition coefficient (Wildman–Crippen LogP) is 4.56. The molecular formula is C23H19N5. The lowest BCUT2D eigenvalue weighted by Crippen LogP contribution is -2.18. The molecule has 136 valence electrons. The SMILES string of the molecule is C=C1c2cncc(-c3ccccc3)c2C=CN1Cc1cn2nc(C)ccc2n1. The number of hydrogen-bond acceptors (Lipinski definition) is 4. The molecule has 4 heterocycles. The predicted molar refractivity (Wildman–Crippen MR) is 111 cm³/mol. The number of pyridine rings is 1. The van der Waals surface area contributed by atoms with Gasteiger partial charge < -0.3 is 4.90 Å². The minimum absolute atomic E-state index is 0.632. The lowest BCUT2D eigenvalue weighted by atomic mass is 9.95. The van der Waals surface area contributed by atoms with Gasteiger partial charge in [0.1, 0.15) is 0 Å². The van der Waals surface area contributed by atoms with E-state index < -0.39 is 0 Å². The van der Waals surface area contributed by atoms with Crippen molar-refractivity contribution < 1.29 is 0 Å². The van der Waals surface area contributed by atoms with Gasteiger partial charge in [-0.3, -0.25) is 4.98 Å². The van der Waals surface area contributed by atoms with Crippen LogP contribution in [0.4, 0.5) is 0 Å². The van der Waals surface area contributed by atoms with Crippen LogP contribution in [0.1, 0.15) is 22.5 Å². The Hall–Kier alpha value is -3.73. The number of aromatic nitrogens is 4. The van der Waals surface area contributed by atoms with Gasteiger partial charge in [0.05, 0.1) is 24.1 Å². The quantitative estimate of drug-likeness (QED) is 0.534. The number of rotatable bonds is 3. The second-order valence-electron chi connectivity index (χ2n) is 6.91. The number of fused-ring (bicyclic) bond motifs is 2. The summed E-state index contributed by atoms with van der Waals surface area (Å²) in [6, 6.07) is 14.3. The smallest absolute Gasteiger partial charge is 0.153 e. The molecule has 0 unspecified atom stereocenters. The van der Waals surface area contributed by atoms with Gasteiger partial charge in [-0.2, -0.15) is 5.10 Å². The minimum Gasteiger partial charge on any atom is -0.342 e. The third kappa shape index (κ3) is 2.77. The first-order valence-corrected chi connectivity index (χ1v) is 9.18. The second kappa shape index (κ2) is 6.46. The summed E-state index contributed by atoms with van der Waals surface area (Å²) in [6.45, 7) is 6.93. The van der Waals surface area contributed by atoms with E-state index in [4.69, 9.17) is 0 Å². The monoisotopic (exact) mass is 365 g/mol. The zero-order valence-corrected chi connectivity index (χ0v) is 15.6. The first kappa shape index (κ1) is 16.4. The Morgan fingerprint density at radius 3 is 2.68 bits per heavy atom. The average Bonchev–Trinajstić information content (AvgIpc) is 3.12. The molecule has 1 aliphatic rings. The van der Waals surface area contributed by atoms with Crippen LogP contribution < -0.4 is 0 Å². The van der Waals surface area contributed by atoms with Crippen molar-refractivity contribution in [2.24, 2.45) is 0 Å². The van der Waals surface area contributed by atoms with Crippen LogP contribution in [0.3, 0.4) is 0 Å². The Kier molecular flexibility index (Phi) is 3.79. The molecule has 0 aliphatic carbocycles. The van der Waals surface area contributed by atoms with Crippen LogP contribution in [-0.4, -0.2) is 24.5 Å². The summed E-state index contributed by atoms with van der Waals surface area (Å²) in [6.07, 6.45) is 9.97. The molecule has 0 saturated carbocycles. The molecule has 28 heavy (non-hydrogen) atoms. The third-order valence-corrected chi connectivity index (χ3v) is 4.99. The molecule has 4 aromatic rings. The molecule has 0 saturated heterocycles. The highest BCUT2D eigenvalue weighted by Crippen LogP contribution is 2.34. The fraction of sp³-hybridized carbons (Fsp3) is 0.0870. The molecule has 0 amide bonds. The lowest BCUT2D eigenvalue weighted by molar-refractivity contribution is 0.519. The summed E-state index contributed by atoms with van der Waals surface area (Å²) in [5.74, 6) is 0. The molecule has 1 aliphatic heterocycles. The van der Waals surface area contributed by atoms with E-state index in [1.807, 2.05) is 60.4 Å². The lowest BCUT2D eigenvalue weighted by Gasteiger charge is -2.28. The molecule has 0 bridgehead atoms. The molecule has 0 radical (unpaired) electrons. The van der Waals surface area contributed by atoms with Crippen molar-refractivity contribution in [3.63, 3.8) is 0 Å². The molecule has 5 rings (SSSR count). The average molecular weight is 365 g/mol. The van der Waals surface area contributed by atoms with E-state index in [2.05, 4.69) is 51.0 Å². The van der Waals surface area contributed by atoms with Crippen molar-refractivity contribution in [2.45, 2.75) is 13.5 Å². The van der Waals surface area contributed by atoms with Gasteiger partial charge in [0, 0.05) is 35.4 Å². The van der Waals surface area contributed by atoms with Crippen LogP contribution in [-0.2, 0) is 6.54 Å². The highest BCUT2D eigenvalue weighted by molar-refractivity contribution is 5.85. The van der Waals surface area contributed by atoms with E-state index in [1.165, 1.54) is 0 Å². The largest absolute Gasteiger partial charge is 0.342 e. The zero-order chi connectivity index (χ0) is 19.1. The highest BCUT2D eigenvalue weighted by atomic mass is 15.3. The zero-order valence-electron chi connectivity index (χ0n) is 15.6. The van der Waals surface area contributed by atoms with Crippen molar-refractivity contribution >= 4 is 17.4 Å². The Morgan fingerprint density at radius 1 is 1.00 bits per heavy atom.